The van der Waals surface area contributed by atoms with Gasteiger partial charge in [0.05, 0.1) is 0 Å². The molecular formula is C13H27NS. The molecular weight excluding hydrogens is 202 g/mol. The van der Waals surface area contributed by atoms with E-state index in [1.54, 1.807) is 0 Å². The van der Waals surface area contributed by atoms with Gasteiger partial charge >= 0.3 is 0 Å². The normalized spacial score (nSPS) is 34.2. The largest absolute Gasteiger partial charge is 0.298 e. The molecule has 15 heavy (non-hydrogen) atoms. The first-order valence-electron chi connectivity index (χ1n) is 6.20. The SMILES string of the molecule is C.CC1CCCCCC1N1CCSCC1. The van der Waals surface area contributed by atoms with Gasteiger partial charge in [0.2, 0.25) is 0 Å². The average Bonchev–Trinajstić information content (AvgIpc) is 2.44. The summed E-state index contributed by atoms with van der Waals surface area (Å²) in [7, 11) is 0. The van der Waals surface area contributed by atoms with Gasteiger partial charge in [-0.2, -0.15) is 11.8 Å². The summed E-state index contributed by atoms with van der Waals surface area (Å²) in [5.74, 6) is 3.67. The Labute approximate surface area is 100.0 Å². The van der Waals surface area contributed by atoms with Crippen molar-refractivity contribution < 1.29 is 0 Å². The lowest BCUT2D eigenvalue weighted by atomic mass is 9.95. The summed E-state index contributed by atoms with van der Waals surface area (Å²) in [5.41, 5.74) is 0. The van der Waals surface area contributed by atoms with Crippen molar-refractivity contribution in [3.8, 4) is 0 Å². The van der Waals surface area contributed by atoms with Gasteiger partial charge in [-0.25, -0.2) is 0 Å². The summed E-state index contributed by atoms with van der Waals surface area (Å²) in [6.45, 7) is 5.16. The molecule has 0 aromatic rings. The zero-order valence-corrected chi connectivity index (χ0v) is 10.2. The molecule has 0 aromatic heterocycles. The Morgan fingerprint density at radius 3 is 2.40 bits per heavy atom. The van der Waals surface area contributed by atoms with Crippen LogP contribution < -0.4 is 0 Å². The molecule has 1 aliphatic heterocycles. The summed E-state index contributed by atoms with van der Waals surface area (Å²) in [4.78, 5) is 2.77. The number of hydrogen-bond acceptors (Lipinski definition) is 2. The number of rotatable bonds is 1. The van der Waals surface area contributed by atoms with Crippen molar-refractivity contribution in [1.29, 1.82) is 0 Å². The van der Waals surface area contributed by atoms with Crippen molar-refractivity contribution in [3.63, 3.8) is 0 Å². The van der Waals surface area contributed by atoms with E-state index in [9.17, 15) is 0 Å². The van der Waals surface area contributed by atoms with Crippen LogP contribution in [-0.2, 0) is 0 Å². The predicted octanol–water partition coefficient (Wildman–Crippen LogP) is 3.64. The molecule has 0 spiro atoms. The molecule has 2 atom stereocenters. The number of hydrogen-bond donors (Lipinski definition) is 0. The Morgan fingerprint density at radius 1 is 1.00 bits per heavy atom. The van der Waals surface area contributed by atoms with Crippen LogP contribution in [0.1, 0.15) is 46.5 Å². The van der Waals surface area contributed by atoms with Gasteiger partial charge in [0.25, 0.3) is 0 Å². The molecule has 0 N–H and O–H groups in total. The minimum atomic E-state index is 0. The van der Waals surface area contributed by atoms with E-state index >= 15 is 0 Å². The number of thioether (sulfide) groups is 1. The lowest BCUT2D eigenvalue weighted by Crippen LogP contribution is -2.44. The maximum atomic E-state index is 2.77. The Bertz CT molecular complexity index is 166. The Kier molecular flexibility index (Phi) is 6.06. The van der Waals surface area contributed by atoms with Crippen LogP contribution in [0.25, 0.3) is 0 Å². The van der Waals surface area contributed by atoms with E-state index in [1.165, 1.54) is 56.7 Å². The highest BCUT2D eigenvalue weighted by Crippen LogP contribution is 2.28. The maximum absolute atomic E-state index is 2.77. The van der Waals surface area contributed by atoms with Crippen LogP contribution >= 0.6 is 11.8 Å². The molecule has 2 rings (SSSR count). The highest BCUT2D eigenvalue weighted by Gasteiger charge is 2.26. The van der Waals surface area contributed by atoms with Crippen LogP contribution in [0.4, 0.5) is 0 Å². The van der Waals surface area contributed by atoms with Crippen molar-refractivity contribution >= 4 is 11.8 Å². The summed E-state index contributed by atoms with van der Waals surface area (Å²) in [6, 6.07) is 0.915. The lowest BCUT2D eigenvalue weighted by Gasteiger charge is -2.37. The molecule has 90 valence electrons. The van der Waals surface area contributed by atoms with E-state index in [0.717, 1.165) is 12.0 Å². The number of nitrogens with zero attached hydrogens (tertiary/aromatic N) is 1. The van der Waals surface area contributed by atoms with Gasteiger partial charge in [-0.05, 0) is 18.8 Å². The third kappa shape index (κ3) is 3.67. The molecule has 2 unspecified atom stereocenters. The smallest absolute Gasteiger partial charge is 0.0121 e. The molecule has 1 saturated heterocycles. The predicted molar refractivity (Wildman–Crippen MR) is 71.7 cm³/mol. The van der Waals surface area contributed by atoms with Crippen molar-refractivity contribution in [2.75, 3.05) is 24.6 Å². The van der Waals surface area contributed by atoms with E-state index < -0.39 is 0 Å². The minimum absolute atomic E-state index is 0. The zero-order valence-electron chi connectivity index (χ0n) is 9.37. The third-order valence-electron chi connectivity index (χ3n) is 3.83. The van der Waals surface area contributed by atoms with Crippen LogP contribution in [0.5, 0.6) is 0 Å². The molecule has 0 bridgehead atoms. The summed E-state index contributed by atoms with van der Waals surface area (Å²) in [6.07, 6.45) is 7.35. The van der Waals surface area contributed by atoms with Crippen LogP contribution in [0.2, 0.25) is 0 Å². The maximum Gasteiger partial charge on any atom is 0.0121 e. The minimum Gasteiger partial charge on any atom is -0.298 e. The molecule has 1 heterocycles. The van der Waals surface area contributed by atoms with Gasteiger partial charge in [-0.3, -0.25) is 4.90 Å². The highest BCUT2D eigenvalue weighted by atomic mass is 32.2. The van der Waals surface area contributed by atoms with E-state index in [-0.39, 0.29) is 7.43 Å². The monoisotopic (exact) mass is 229 g/mol. The van der Waals surface area contributed by atoms with Crippen molar-refractivity contribution in [2.45, 2.75) is 52.5 Å². The second kappa shape index (κ2) is 6.80. The molecule has 2 aliphatic rings. The molecule has 0 aromatic carbocycles. The van der Waals surface area contributed by atoms with E-state index in [0.29, 0.717) is 0 Å². The molecule has 0 radical (unpaired) electrons. The topological polar surface area (TPSA) is 3.24 Å². The first kappa shape index (κ1) is 13.4. The molecule has 1 saturated carbocycles. The van der Waals surface area contributed by atoms with E-state index in [1.807, 2.05) is 0 Å². The van der Waals surface area contributed by atoms with E-state index in [2.05, 4.69) is 23.6 Å². The highest BCUT2D eigenvalue weighted by molar-refractivity contribution is 7.99. The first-order valence-corrected chi connectivity index (χ1v) is 7.35. The van der Waals surface area contributed by atoms with Gasteiger partial charge in [0, 0.05) is 30.6 Å². The van der Waals surface area contributed by atoms with Crippen LogP contribution in [0, 0.1) is 5.92 Å². The molecule has 1 aliphatic carbocycles. The average molecular weight is 229 g/mol. The van der Waals surface area contributed by atoms with Crippen molar-refractivity contribution in [3.05, 3.63) is 0 Å². The fourth-order valence-corrected chi connectivity index (χ4v) is 3.86. The summed E-state index contributed by atoms with van der Waals surface area (Å²) in [5, 5.41) is 0. The van der Waals surface area contributed by atoms with Gasteiger partial charge in [0.15, 0.2) is 0 Å². The van der Waals surface area contributed by atoms with Gasteiger partial charge in [0.1, 0.15) is 0 Å². The molecule has 2 heteroatoms. The molecule has 0 amide bonds. The van der Waals surface area contributed by atoms with Gasteiger partial charge in [-0.15, -0.1) is 0 Å². The third-order valence-corrected chi connectivity index (χ3v) is 4.77. The van der Waals surface area contributed by atoms with Crippen molar-refractivity contribution in [2.24, 2.45) is 5.92 Å². The van der Waals surface area contributed by atoms with Gasteiger partial charge < -0.3 is 0 Å². The lowest BCUT2D eigenvalue weighted by molar-refractivity contribution is 0.154. The zero-order chi connectivity index (χ0) is 9.80. The molecule has 1 nitrogen and oxygen atoms in total. The quantitative estimate of drug-likeness (QED) is 0.632. The second-order valence-corrected chi connectivity index (χ2v) is 6.06. The van der Waals surface area contributed by atoms with Crippen LogP contribution in [0.3, 0.4) is 0 Å². The summed E-state index contributed by atoms with van der Waals surface area (Å²) < 4.78 is 0. The standard InChI is InChI=1S/C12H23NS.CH4/c1-11-5-3-2-4-6-12(11)13-7-9-14-10-8-13;/h11-12H,2-10H2,1H3;1H4. The fraction of sp³-hybridized carbons (Fsp3) is 1.00. The first-order chi connectivity index (χ1) is 6.88. The second-order valence-electron chi connectivity index (χ2n) is 4.83. The van der Waals surface area contributed by atoms with Crippen LogP contribution in [0.15, 0.2) is 0 Å². The Morgan fingerprint density at radius 2 is 1.67 bits per heavy atom. The fourth-order valence-electron chi connectivity index (χ4n) is 2.93. The van der Waals surface area contributed by atoms with Gasteiger partial charge in [-0.1, -0.05) is 33.6 Å². The Balaban J connectivity index is 0.00000112. The Hall–Kier alpha value is 0.310. The van der Waals surface area contributed by atoms with Crippen LogP contribution in [-0.4, -0.2) is 35.5 Å². The van der Waals surface area contributed by atoms with Crippen molar-refractivity contribution in [1.82, 2.24) is 4.90 Å². The van der Waals surface area contributed by atoms with E-state index in [4.69, 9.17) is 0 Å². The molecule has 2 fully saturated rings. The summed E-state index contributed by atoms with van der Waals surface area (Å²) >= 11 is 2.13.